The van der Waals surface area contributed by atoms with Crippen LogP contribution in [0.3, 0.4) is 0 Å². The molecule has 1 heteroatoms. The van der Waals surface area contributed by atoms with E-state index in [9.17, 15) is 0 Å². The van der Waals surface area contributed by atoms with Crippen LogP contribution in [-0.4, -0.2) is 12.6 Å². The maximum absolute atomic E-state index is 3.63. The molecule has 1 saturated heterocycles. The fraction of sp³-hybridized carbons (Fsp3) is 0.571. The molecule has 0 spiro atoms. The molecule has 0 aliphatic carbocycles. The molecule has 0 unspecified atom stereocenters. The molecule has 0 aromatic heterocycles. The van der Waals surface area contributed by atoms with Gasteiger partial charge in [0.05, 0.1) is 0 Å². The molecule has 82 valence electrons. The standard InChI is InChI=1S/C14H21N/c1-3-13-7-8-15-14(13)10-12-6-4-5-11(2)9-12/h4-6,9,13-15H,3,7-8,10H2,1-2H3/t13-,14-/m0/s1. The highest BCUT2D eigenvalue weighted by atomic mass is 14.9. The molecule has 1 aromatic rings. The summed E-state index contributed by atoms with van der Waals surface area (Å²) < 4.78 is 0. The van der Waals surface area contributed by atoms with Crippen molar-refractivity contribution in [3.63, 3.8) is 0 Å². The molecule has 0 saturated carbocycles. The van der Waals surface area contributed by atoms with Gasteiger partial charge in [-0.3, -0.25) is 0 Å². The van der Waals surface area contributed by atoms with Gasteiger partial charge in [-0.1, -0.05) is 43.2 Å². The molecule has 1 N–H and O–H groups in total. The monoisotopic (exact) mass is 203 g/mol. The first-order valence-corrected chi connectivity index (χ1v) is 6.08. The summed E-state index contributed by atoms with van der Waals surface area (Å²) in [7, 11) is 0. The lowest BCUT2D eigenvalue weighted by Crippen LogP contribution is -2.29. The number of aryl methyl sites for hydroxylation is 1. The first-order chi connectivity index (χ1) is 7.29. The van der Waals surface area contributed by atoms with E-state index < -0.39 is 0 Å². The van der Waals surface area contributed by atoms with Crippen molar-refractivity contribution < 1.29 is 0 Å². The van der Waals surface area contributed by atoms with Gasteiger partial charge in [-0.05, 0) is 37.8 Å². The molecule has 0 amide bonds. The predicted molar refractivity (Wildman–Crippen MR) is 65.1 cm³/mol. The summed E-state index contributed by atoms with van der Waals surface area (Å²) in [6.45, 7) is 5.68. The van der Waals surface area contributed by atoms with Gasteiger partial charge in [-0.25, -0.2) is 0 Å². The molecule has 1 aliphatic rings. The minimum atomic E-state index is 0.705. The van der Waals surface area contributed by atoms with Gasteiger partial charge in [0.25, 0.3) is 0 Å². The van der Waals surface area contributed by atoms with Crippen LogP contribution in [0.2, 0.25) is 0 Å². The Morgan fingerprint density at radius 2 is 2.27 bits per heavy atom. The lowest BCUT2D eigenvalue weighted by atomic mass is 9.92. The Bertz CT molecular complexity index is 319. The summed E-state index contributed by atoms with van der Waals surface area (Å²) in [5, 5.41) is 3.63. The zero-order chi connectivity index (χ0) is 10.7. The first-order valence-electron chi connectivity index (χ1n) is 6.08. The Balaban J connectivity index is 2.02. The molecule has 0 radical (unpaired) electrons. The van der Waals surface area contributed by atoms with Crippen LogP contribution in [0.1, 0.15) is 30.9 Å². The van der Waals surface area contributed by atoms with Gasteiger partial charge < -0.3 is 5.32 Å². The fourth-order valence-electron chi connectivity index (χ4n) is 2.64. The Morgan fingerprint density at radius 3 is 3.00 bits per heavy atom. The zero-order valence-corrected chi connectivity index (χ0v) is 9.79. The highest BCUT2D eigenvalue weighted by molar-refractivity contribution is 5.23. The molecule has 15 heavy (non-hydrogen) atoms. The number of hydrogen-bond acceptors (Lipinski definition) is 1. The number of benzene rings is 1. The Kier molecular flexibility index (Phi) is 3.42. The van der Waals surface area contributed by atoms with Crippen molar-refractivity contribution in [2.75, 3.05) is 6.54 Å². The molecule has 1 nitrogen and oxygen atoms in total. The lowest BCUT2D eigenvalue weighted by molar-refractivity contribution is 0.433. The summed E-state index contributed by atoms with van der Waals surface area (Å²) in [6, 6.07) is 9.60. The maximum Gasteiger partial charge on any atom is 0.0136 e. The van der Waals surface area contributed by atoms with Gasteiger partial charge in [0.15, 0.2) is 0 Å². The van der Waals surface area contributed by atoms with Crippen molar-refractivity contribution in [2.45, 2.75) is 39.2 Å². The van der Waals surface area contributed by atoms with Crippen molar-refractivity contribution in [3.05, 3.63) is 35.4 Å². The van der Waals surface area contributed by atoms with Crippen molar-refractivity contribution >= 4 is 0 Å². The SMILES string of the molecule is CC[C@H]1CCN[C@H]1Cc1cccc(C)c1. The van der Waals surface area contributed by atoms with E-state index in [0.717, 1.165) is 5.92 Å². The van der Waals surface area contributed by atoms with Crippen molar-refractivity contribution in [2.24, 2.45) is 5.92 Å². The van der Waals surface area contributed by atoms with Crippen molar-refractivity contribution in [3.8, 4) is 0 Å². The summed E-state index contributed by atoms with van der Waals surface area (Å²) in [5.74, 6) is 0.880. The minimum Gasteiger partial charge on any atom is -0.313 e. The minimum absolute atomic E-state index is 0.705. The van der Waals surface area contributed by atoms with E-state index in [1.807, 2.05) is 0 Å². The van der Waals surface area contributed by atoms with E-state index in [1.54, 1.807) is 0 Å². The molecule has 1 heterocycles. The van der Waals surface area contributed by atoms with E-state index >= 15 is 0 Å². The fourth-order valence-corrected chi connectivity index (χ4v) is 2.64. The lowest BCUT2D eigenvalue weighted by Gasteiger charge is -2.18. The Hall–Kier alpha value is -0.820. The average Bonchev–Trinajstić information content (AvgIpc) is 2.65. The van der Waals surface area contributed by atoms with E-state index in [2.05, 4.69) is 43.4 Å². The van der Waals surface area contributed by atoms with Crippen molar-refractivity contribution in [1.29, 1.82) is 0 Å². The molecule has 1 aromatic carbocycles. The second kappa shape index (κ2) is 4.80. The molecule has 1 fully saturated rings. The van der Waals surface area contributed by atoms with Gasteiger partial charge in [0, 0.05) is 6.04 Å². The topological polar surface area (TPSA) is 12.0 Å². The third-order valence-electron chi connectivity index (χ3n) is 3.55. The number of hydrogen-bond donors (Lipinski definition) is 1. The van der Waals surface area contributed by atoms with E-state index in [0.29, 0.717) is 6.04 Å². The molecule has 0 bridgehead atoms. The van der Waals surface area contributed by atoms with Crippen LogP contribution in [0.25, 0.3) is 0 Å². The van der Waals surface area contributed by atoms with Crippen LogP contribution in [0.15, 0.2) is 24.3 Å². The van der Waals surface area contributed by atoms with Gasteiger partial charge in [0.2, 0.25) is 0 Å². The van der Waals surface area contributed by atoms with Gasteiger partial charge in [-0.15, -0.1) is 0 Å². The van der Waals surface area contributed by atoms with Crippen LogP contribution in [-0.2, 0) is 6.42 Å². The van der Waals surface area contributed by atoms with Crippen LogP contribution in [0, 0.1) is 12.8 Å². The Morgan fingerprint density at radius 1 is 1.40 bits per heavy atom. The van der Waals surface area contributed by atoms with Gasteiger partial charge in [-0.2, -0.15) is 0 Å². The van der Waals surface area contributed by atoms with Crippen LogP contribution < -0.4 is 5.32 Å². The number of nitrogens with one attached hydrogen (secondary N) is 1. The largest absolute Gasteiger partial charge is 0.313 e. The van der Waals surface area contributed by atoms with E-state index in [4.69, 9.17) is 0 Å². The predicted octanol–water partition coefficient (Wildman–Crippen LogP) is 2.93. The third-order valence-corrected chi connectivity index (χ3v) is 3.55. The molecular formula is C14H21N. The zero-order valence-electron chi connectivity index (χ0n) is 9.79. The summed E-state index contributed by atoms with van der Waals surface area (Å²) >= 11 is 0. The van der Waals surface area contributed by atoms with Crippen LogP contribution in [0.4, 0.5) is 0 Å². The second-order valence-corrected chi connectivity index (χ2v) is 4.71. The quantitative estimate of drug-likeness (QED) is 0.796. The molecule has 1 aliphatic heterocycles. The van der Waals surface area contributed by atoms with Gasteiger partial charge in [0.1, 0.15) is 0 Å². The maximum atomic E-state index is 3.63. The highest BCUT2D eigenvalue weighted by Gasteiger charge is 2.24. The summed E-state index contributed by atoms with van der Waals surface area (Å²) in [6.07, 6.45) is 3.86. The van der Waals surface area contributed by atoms with Crippen LogP contribution >= 0.6 is 0 Å². The van der Waals surface area contributed by atoms with E-state index in [1.165, 1.54) is 36.9 Å². The molecule has 2 rings (SSSR count). The molecule has 2 atom stereocenters. The summed E-state index contributed by atoms with van der Waals surface area (Å²) in [5.41, 5.74) is 2.85. The Labute approximate surface area is 92.9 Å². The molecular weight excluding hydrogens is 182 g/mol. The smallest absolute Gasteiger partial charge is 0.0136 e. The van der Waals surface area contributed by atoms with Gasteiger partial charge >= 0.3 is 0 Å². The number of rotatable bonds is 3. The van der Waals surface area contributed by atoms with E-state index in [-0.39, 0.29) is 0 Å². The average molecular weight is 203 g/mol. The normalized spacial score (nSPS) is 25.7. The van der Waals surface area contributed by atoms with Crippen LogP contribution in [0.5, 0.6) is 0 Å². The first kappa shape index (κ1) is 10.7. The second-order valence-electron chi connectivity index (χ2n) is 4.71. The third kappa shape index (κ3) is 2.60. The summed E-state index contributed by atoms with van der Waals surface area (Å²) in [4.78, 5) is 0. The highest BCUT2D eigenvalue weighted by Crippen LogP contribution is 2.22. The van der Waals surface area contributed by atoms with Crippen molar-refractivity contribution in [1.82, 2.24) is 5.32 Å².